The maximum atomic E-state index is 12.1. The maximum absolute atomic E-state index is 12.1. The Morgan fingerprint density at radius 1 is 1.55 bits per heavy atom. The molecule has 4 nitrogen and oxygen atoms in total. The molecule has 0 saturated carbocycles. The summed E-state index contributed by atoms with van der Waals surface area (Å²) in [4.78, 5) is 13.9. The predicted molar refractivity (Wildman–Crippen MR) is 85.7 cm³/mol. The van der Waals surface area contributed by atoms with Gasteiger partial charge in [0, 0.05) is 23.6 Å². The fraction of sp³-hybridized carbons (Fsp3) is 0.462. The number of amides is 1. The molecule has 1 heterocycles. The van der Waals surface area contributed by atoms with Gasteiger partial charge in [-0.3, -0.25) is 4.79 Å². The zero-order valence-electron chi connectivity index (χ0n) is 10.9. The lowest BCUT2D eigenvalue weighted by Crippen LogP contribution is -2.42. The van der Waals surface area contributed by atoms with Crippen molar-refractivity contribution in [3.05, 3.63) is 27.7 Å². The van der Waals surface area contributed by atoms with Gasteiger partial charge in [-0.2, -0.15) is 0 Å². The maximum Gasteiger partial charge on any atom is 0.260 e. The number of carbonyl (C=O) groups excluding carboxylic acids is 1. The zero-order valence-corrected chi connectivity index (χ0v) is 14.0. The van der Waals surface area contributed by atoms with Gasteiger partial charge in [0.2, 0.25) is 0 Å². The van der Waals surface area contributed by atoms with E-state index in [0.29, 0.717) is 17.3 Å². The third-order valence-electron chi connectivity index (χ3n) is 3.21. The molecule has 1 aromatic rings. The van der Waals surface area contributed by atoms with E-state index in [2.05, 4.69) is 15.9 Å². The van der Waals surface area contributed by atoms with Crippen LogP contribution in [0.15, 0.2) is 22.7 Å². The molecule has 0 radical (unpaired) electrons. The molecule has 0 spiro atoms. The van der Waals surface area contributed by atoms with Gasteiger partial charge in [-0.05, 0) is 31.0 Å². The summed E-state index contributed by atoms with van der Waals surface area (Å²) in [5, 5.41) is 0.485. The number of rotatable bonds is 4. The number of halogens is 3. The molecule has 1 aromatic carbocycles. The summed E-state index contributed by atoms with van der Waals surface area (Å²) in [5.74, 6) is 0.480. The van der Waals surface area contributed by atoms with E-state index in [4.69, 9.17) is 22.1 Å². The van der Waals surface area contributed by atoms with Crippen molar-refractivity contribution in [2.45, 2.75) is 18.9 Å². The van der Waals surface area contributed by atoms with Crippen molar-refractivity contribution in [3.8, 4) is 5.75 Å². The second-order valence-corrected chi connectivity index (χ2v) is 5.81. The number of ether oxygens (including phenoxy) is 1. The highest BCUT2D eigenvalue weighted by atomic mass is 79.9. The fourth-order valence-electron chi connectivity index (χ4n) is 2.22. The monoisotopic (exact) mass is 382 g/mol. The SMILES string of the molecule is Cl.NCC1CCCN1C(=O)COc1ccc(Br)cc1Cl. The van der Waals surface area contributed by atoms with E-state index in [0.717, 1.165) is 23.9 Å². The van der Waals surface area contributed by atoms with Crippen molar-refractivity contribution in [1.82, 2.24) is 4.90 Å². The molecule has 0 bridgehead atoms. The Hall–Kier alpha value is -0.490. The average molecular weight is 384 g/mol. The minimum atomic E-state index is -0.0352. The van der Waals surface area contributed by atoms with E-state index < -0.39 is 0 Å². The van der Waals surface area contributed by atoms with Gasteiger partial charge >= 0.3 is 0 Å². The van der Waals surface area contributed by atoms with Crippen LogP contribution in [0.3, 0.4) is 0 Å². The van der Waals surface area contributed by atoms with Crippen LogP contribution in [0.1, 0.15) is 12.8 Å². The summed E-state index contributed by atoms with van der Waals surface area (Å²) in [6.45, 7) is 1.26. The first-order valence-corrected chi connectivity index (χ1v) is 7.36. The second-order valence-electron chi connectivity index (χ2n) is 4.48. The Balaban J connectivity index is 0.00000200. The van der Waals surface area contributed by atoms with Crippen LogP contribution in [0.4, 0.5) is 0 Å². The molecule has 1 amide bonds. The minimum Gasteiger partial charge on any atom is -0.482 e. The first-order valence-electron chi connectivity index (χ1n) is 6.19. The van der Waals surface area contributed by atoms with Crippen LogP contribution in [0.2, 0.25) is 5.02 Å². The normalized spacial score (nSPS) is 17.8. The summed E-state index contributed by atoms with van der Waals surface area (Å²) in [6, 6.07) is 5.45. The topological polar surface area (TPSA) is 55.6 Å². The molecular weight excluding hydrogens is 367 g/mol. The van der Waals surface area contributed by atoms with Gasteiger partial charge in [0.15, 0.2) is 6.61 Å². The van der Waals surface area contributed by atoms with E-state index in [1.807, 2.05) is 6.07 Å². The number of nitrogens with zero attached hydrogens (tertiary/aromatic N) is 1. The Labute approximate surface area is 138 Å². The quantitative estimate of drug-likeness (QED) is 0.869. The van der Waals surface area contributed by atoms with Crippen molar-refractivity contribution in [3.63, 3.8) is 0 Å². The van der Waals surface area contributed by atoms with Crippen LogP contribution in [0.25, 0.3) is 0 Å². The zero-order chi connectivity index (χ0) is 13.8. The van der Waals surface area contributed by atoms with Crippen molar-refractivity contribution >= 4 is 45.8 Å². The number of hydrogen-bond acceptors (Lipinski definition) is 3. The number of likely N-dealkylation sites (tertiary alicyclic amines) is 1. The van der Waals surface area contributed by atoms with Crippen LogP contribution >= 0.6 is 39.9 Å². The van der Waals surface area contributed by atoms with Crippen molar-refractivity contribution < 1.29 is 9.53 Å². The van der Waals surface area contributed by atoms with Crippen LogP contribution in [0, 0.1) is 0 Å². The summed E-state index contributed by atoms with van der Waals surface area (Å²) in [6.07, 6.45) is 1.98. The number of nitrogens with two attached hydrogens (primary N) is 1. The molecule has 2 rings (SSSR count). The molecule has 0 aromatic heterocycles. The number of carbonyl (C=O) groups is 1. The van der Waals surface area contributed by atoms with Gasteiger partial charge in [-0.15, -0.1) is 12.4 Å². The molecule has 1 aliphatic heterocycles. The van der Waals surface area contributed by atoms with Crippen LogP contribution < -0.4 is 10.5 Å². The van der Waals surface area contributed by atoms with E-state index in [9.17, 15) is 4.79 Å². The van der Waals surface area contributed by atoms with E-state index in [-0.39, 0.29) is 31.0 Å². The Morgan fingerprint density at radius 3 is 2.95 bits per heavy atom. The Bertz CT molecular complexity index is 474. The largest absolute Gasteiger partial charge is 0.482 e. The van der Waals surface area contributed by atoms with Crippen molar-refractivity contribution in [1.29, 1.82) is 0 Å². The third kappa shape index (κ3) is 4.25. The summed E-state index contributed by atoms with van der Waals surface area (Å²) >= 11 is 9.35. The number of hydrogen-bond donors (Lipinski definition) is 1. The van der Waals surface area contributed by atoms with Gasteiger partial charge in [0.25, 0.3) is 5.91 Å². The standard InChI is InChI=1S/C13H16BrClN2O2.ClH/c14-9-3-4-12(11(15)6-9)19-8-13(18)17-5-1-2-10(17)7-16;/h3-4,6,10H,1-2,5,7-8,16H2;1H. The first-order chi connectivity index (χ1) is 9.11. The molecule has 2 N–H and O–H groups in total. The smallest absolute Gasteiger partial charge is 0.260 e. The van der Waals surface area contributed by atoms with E-state index in [1.165, 1.54) is 0 Å². The summed E-state index contributed by atoms with van der Waals surface area (Å²) in [5.41, 5.74) is 5.65. The lowest BCUT2D eigenvalue weighted by Gasteiger charge is -2.23. The molecule has 112 valence electrons. The second kappa shape index (κ2) is 8.08. The molecule has 7 heteroatoms. The van der Waals surface area contributed by atoms with Crippen molar-refractivity contribution in [2.24, 2.45) is 5.73 Å². The fourth-order valence-corrected chi connectivity index (χ4v) is 2.95. The van der Waals surface area contributed by atoms with Gasteiger partial charge in [-0.25, -0.2) is 0 Å². The highest BCUT2D eigenvalue weighted by molar-refractivity contribution is 9.10. The molecule has 1 aliphatic rings. The molecule has 0 aliphatic carbocycles. The van der Waals surface area contributed by atoms with E-state index in [1.54, 1.807) is 17.0 Å². The lowest BCUT2D eigenvalue weighted by atomic mass is 10.2. The van der Waals surface area contributed by atoms with Crippen LogP contribution in [-0.4, -0.2) is 36.5 Å². The lowest BCUT2D eigenvalue weighted by molar-refractivity contribution is -0.134. The van der Waals surface area contributed by atoms with Gasteiger partial charge in [-0.1, -0.05) is 27.5 Å². The summed E-state index contributed by atoms with van der Waals surface area (Å²) < 4.78 is 6.35. The third-order valence-corrected chi connectivity index (χ3v) is 4.00. The van der Waals surface area contributed by atoms with Gasteiger partial charge in [0.05, 0.1) is 5.02 Å². The van der Waals surface area contributed by atoms with Crippen LogP contribution in [-0.2, 0) is 4.79 Å². The molecule has 1 unspecified atom stereocenters. The summed E-state index contributed by atoms with van der Waals surface area (Å²) in [7, 11) is 0. The molecule has 1 fully saturated rings. The Kier molecular flexibility index (Phi) is 7.09. The molecule has 1 atom stereocenters. The molecule has 1 saturated heterocycles. The van der Waals surface area contributed by atoms with Gasteiger partial charge < -0.3 is 15.4 Å². The highest BCUT2D eigenvalue weighted by Crippen LogP contribution is 2.28. The average Bonchev–Trinajstić information content (AvgIpc) is 2.85. The Morgan fingerprint density at radius 2 is 2.30 bits per heavy atom. The number of benzene rings is 1. The minimum absolute atomic E-state index is 0. The molecule has 20 heavy (non-hydrogen) atoms. The van der Waals surface area contributed by atoms with Crippen molar-refractivity contribution in [2.75, 3.05) is 19.7 Å². The van der Waals surface area contributed by atoms with Gasteiger partial charge in [0.1, 0.15) is 5.75 Å². The first kappa shape index (κ1) is 17.6. The van der Waals surface area contributed by atoms with E-state index >= 15 is 0 Å². The van der Waals surface area contributed by atoms with Crippen LogP contribution in [0.5, 0.6) is 5.75 Å². The predicted octanol–water partition coefficient (Wildman–Crippen LogP) is 2.85. The highest BCUT2D eigenvalue weighted by Gasteiger charge is 2.27. The molecular formula is C13H17BrCl2N2O2.